The highest BCUT2D eigenvalue weighted by atomic mass is 35.5. The number of aromatic nitrogens is 3. The number of halogens is 1. The zero-order chi connectivity index (χ0) is 18.5. The van der Waals surface area contributed by atoms with Gasteiger partial charge in [0, 0.05) is 33.4 Å². The lowest BCUT2D eigenvalue weighted by Crippen LogP contribution is -2.09. The average Bonchev–Trinajstić information content (AvgIpc) is 3.00. The Morgan fingerprint density at radius 2 is 1.74 bits per heavy atom. The number of aromatic amines is 1. The number of hydrogen-bond acceptors (Lipinski definition) is 2. The van der Waals surface area contributed by atoms with Gasteiger partial charge >= 0.3 is 0 Å². The molecule has 5 heteroatoms. The minimum atomic E-state index is -0.139. The minimum absolute atomic E-state index is 0.139. The van der Waals surface area contributed by atoms with Gasteiger partial charge in [0.1, 0.15) is 5.82 Å². The van der Waals surface area contributed by atoms with Gasteiger partial charge in [0.15, 0.2) is 0 Å². The summed E-state index contributed by atoms with van der Waals surface area (Å²) in [6, 6.07) is 19.5. The molecule has 5 rings (SSSR count). The number of para-hydroxylation sites is 1. The molecule has 0 aliphatic rings. The van der Waals surface area contributed by atoms with Gasteiger partial charge in [-0.25, -0.2) is 4.98 Å². The molecule has 2 heterocycles. The molecular formula is C22H16ClN3O. The number of H-pyrrole nitrogens is 1. The van der Waals surface area contributed by atoms with Crippen LogP contribution < -0.4 is 5.56 Å². The first kappa shape index (κ1) is 16.1. The molecule has 0 radical (unpaired) electrons. The van der Waals surface area contributed by atoms with E-state index in [1.165, 1.54) is 5.52 Å². The molecule has 0 bridgehead atoms. The van der Waals surface area contributed by atoms with Crippen LogP contribution in [0.4, 0.5) is 0 Å². The van der Waals surface area contributed by atoms with E-state index in [0.29, 0.717) is 21.7 Å². The van der Waals surface area contributed by atoms with Crippen LogP contribution in [-0.2, 0) is 6.54 Å². The first-order valence-electron chi connectivity index (χ1n) is 8.86. The van der Waals surface area contributed by atoms with E-state index in [4.69, 9.17) is 16.6 Å². The Balaban J connectivity index is 1.86. The third kappa shape index (κ3) is 2.45. The molecule has 0 fully saturated rings. The number of rotatable bonds is 2. The molecule has 0 amide bonds. The van der Waals surface area contributed by atoms with Crippen LogP contribution in [-0.4, -0.2) is 14.5 Å². The van der Waals surface area contributed by atoms with Crippen LogP contribution in [0.2, 0.25) is 5.02 Å². The normalized spacial score (nSPS) is 11.6. The van der Waals surface area contributed by atoms with Crippen LogP contribution in [0.5, 0.6) is 0 Å². The van der Waals surface area contributed by atoms with Crippen molar-refractivity contribution in [3.63, 3.8) is 0 Å². The second-order valence-corrected chi connectivity index (χ2v) is 7.01. The summed E-state index contributed by atoms with van der Waals surface area (Å²) >= 11 is 5.97. The van der Waals surface area contributed by atoms with E-state index in [-0.39, 0.29) is 5.56 Å². The van der Waals surface area contributed by atoms with E-state index in [9.17, 15) is 4.79 Å². The molecule has 0 unspecified atom stereocenters. The molecule has 5 aromatic rings. The molecule has 0 aliphatic carbocycles. The summed E-state index contributed by atoms with van der Waals surface area (Å²) in [5.74, 6) is 0.544. The fraction of sp³-hybridized carbons (Fsp3) is 0.0909. The van der Waals surface area contributed by atoms with E-state index >= 15 is 0 Å². The maximum absolute atomic E-state index is 12.8. The van der Waals surface area contributed by atoms with E-state index in [0.717, 1.165) is 28.4 Å². The predicted octanol–water partition coefficient (Wildman–Crippen LogP) is 5.37. The summed E-state index contributed by atoms with van der Waals surface area (Å²) in [7, 11) is 0. The number of aryl methyl sites for hydroxylation is 1. The van der Waals surface area contributed by atoms with Crippen molar-refractivity contribution in [1.82, 2.24) is 14.5 Å². The van der Waals surface area contributed by atoms with Crippen LogP contribution in [0.1, 0.15) is 6.92 Å². The van der Waals surface area contributed by atoms with Gasteiger partial charge in [-0.2, -0.15) is 0 Å². The van der Waals surface area contributed by atoms with Crippen LogP contribution >= 0.6 is 11.6 Å². The van der Waals surface area contributed by atoms with E-state index < -0.39 is 0 Å². The van der Waals surface area contributed by atoms with E-state index in [1.54, 1.807) is 12.1 Å². The van der Waals surface area contributed by atoms with Gasteiger partial charge in [-0.15, -0.1) is 0 Å². The second kappa shape index (κ2) is 5.96. The first-order chi connectivity index (χ1) is 13.2. The Morgan fingerprint density at radius 1 is 0.963 bits per heavy atom. The molecule has 0 saturated carbocycles. The molecule has 0 spiro atoms. The van der Waals surface area contributed by atoms with Crippen LogP contribution in [0.15, 0.2) is 65.5 Å². The van der Waals surface area contributed by atoms with Crippen LogP contribution in [0.25, 0.3) is 44.1 Å². The monoisotopic (exact) mass is 373 g/mol. The van der Waals surface area contributed by atoms with Gasteiger partial charge in [0.25, 0.3) is 5.56 Å². The summed E-state index contributed by atoms with van der Waals surface area (Å²) in [5, 5.41) is 3.47. The Bertz CT molecular complexity index is 1380. The number of benzene rings is 3. The smallest absolute Gasteiger partial charge is 0.259 e. The maximum atomic E-state index is 12.8. The van der Waals surface area contributed by atoms with Gasteiger partial charge in [-0.3, -0.25) is 4.79 Å². The quantitative estimate of drug-likeness (QED) is 0.452. The van der Waals surface area contributed by atoms with Crippen molar-refractivity contribution < 1.29 is 0 Å². The maximum Gasteiger partial charge on any atom is 0.259 e. The van der Waals surface area contributed by atoms with Gasteiger partial charge in [0.2, 0.25) is 0 Å². The number of hydrogen-bond donors (Lipinski definition) is 1. The van der Waals surface area contributed by atoms with Crippen molar-refractivity contribution in [2.24, 2.45) is 0 Å². The fourth-order valence-electron chi connectivity index (χ4n) is 3.77. The predicted molar refractivity (Wildman–Crippen MR) is 111 cm³/mol. The third-order valence-corrected chi connectivity index (χ3v) is 5.28. The Morgan fingerprint density at radius 3 is 2.52 bits per heavy atom. The Labute approximate surface area is 160 Å². The van der Waals surface area contributed by atoms with E-state index in [1.807, 2.05) is 36.4 Å². The largest absolute Gasteiger partial charge is 0.341 e. The third-order valence-electron chi connectivity index (χ3n) is 5.03. The van der Waals surface area contributed by atoms with Crippen molar-refractivity contribution in [3.8, 4) is 11.4 Å². The van der Waals surface area contributed by atoms with Crippen molar-refractivity contribution >= 4 is 44.3 Å². The minimum Gasteiger partial charge on any atom is -0.341 e. The molecule has 1 N–H and O–H groups in total. The molecule has 27 heavy (non-hydrogen) atoms. The van der Waals surface area contributed by atoms with Crippen molar-refractivity contribution in [1.29, 1.82) is 0 Å². The fourth-order valence-corrected chi connectivity index (χ4v) is 3.89. The molecular weight excluding hydrogens is 358 g/mol. The van der Waals surface area contributed by atoms with Gasteiger partial charge < -0.3 is 9.55 Å². The summed E-state index contributed by atoms with van der Waals surface area (Å²) in [6.07, 6.45) is 0. The molecule has 132 valence electrons. The lowest BCUT2D eigenvalue weighted by atomic mass is 10.1. The van der Waals surface area contributed by atoms with Crippen LogP contribution in [0, 0.1) is 0 Å². The average molecular weight is 374 g/mol. The molecule has 2 aromatic heterocycles. The summed E-state index contributed by atoms with van der Waals surface area (Å²) in [4.78, 5) is 20.4. The highest BCUT2D eigenvalue weighted by Crippen LogP contribution is 2.31. The van der Waals surface area contributed by atoms with Gasteiger partial charge in [-0.05, 0) is 49.4 Å². The number of nitrogens with zero attached hydrogens (tertiary/aromatic N) is 2. The zero-order valence-corrected chi connectivity index (χ0v) is 15.4. The lowest BCUT2D eigenvalue weighted by molar-refractivity contribution is 0.827. The van der Waals surface area contributed by atoms with Crippen LogP contribution in [0.3, 0.4) is 0 Å². The van der Waals surface area contributed by atoms with Crippen molar-refractivity contribution in [3.05, 3.63) is 76.0 Å². The molecule has 0 saturated heterocycles. The first-order valence-corrected chi connectivity index (χ1v) is 9.24. The summed E-state index contributed by atoms with van der Waals surface area (Å²) in [5.41, 5.74) is 3.63. The summed E-state index contributed by atoms with van der Waals surface area (Å²) < 4.78 is 2.26. The lowest BCUT2D eigenvalue weighted by Gasteiger charge is -2.06. The molecule has 3 aromatic carbocycles. The van der Waals surface area contributed by atoms with Gasteiger partial charge in [0.05, 0.1) is 16.4 Å². The van der Waals surface area contributed by atoms with Gasteiger partial charge in [-0.1, -0.05) is 29.8 Å². The number of nitrogens with one attached hydrogen (secondary N) is 1. The number of fused-ring (bicyclic) bond motifs is 4. The molecule has 4 nitrogen and oxygen atoms in total. The highest BCUT2D eigenvalue weighted by molar-refractivity contribution is 6.30. The Hall–Kier alpha value is -3.11. The SMILES string of the molecule is CCn1c2ccccc2c2cc3c(=O)[nH]c(-c4ccc(Cl)cc4)nc3cc21. The standard InChI is InChI=1S/C22H16ClN3O/c1-2-26-19-6-4-3-5-15(19)16-11-17-18(12-20(16)26)24-21(25-22(17)27)13-7-9-14(23)10-8-13/h3-12H,2H2,1H3,(H,24,25,27). The highest BCUT2D eigenvalue weighted by Gasteiger charge is 2.13. The summed E-state index contributed by atoms with van der Waals surface area (Å²) in [6.45, 7) is 2.98. The Kier molecular flexibility index (Phi) is 3.55. The molecule has 0 aliphatic heterocycles. The zero-order valence-electron chi connectivity index (χ0n) is 14.7. The van der Waals surface area contributed by atoms with Crippen molar-refractivity contribution in [2.45, 2.75) is 13.5 Å². The topological polar surface area (TPSA) is 50.7 Å². The van der Waals surface area contributed by atoms with Crippen molar-refractivity contribution in [2.75, 3.05) is 0 Å². The van der Waals surface area contributed by atoms with E-state index in [2.05, 4.69) is 28.6 Å². The molecule has 0 atom stereocenters. The second-order valence-electron chi connectivity index (χ2n) is 6.57.